The Morgan fingerprint density at radius 1 is 1.38 bits per heavy atom. The zero-order valence-electron chi connectivity index (χ0n) is 13.1. The minimum absolute atomic E-state index is 0.0845. The van der Waals surface area contributed by atoms with E-state index in [4.69, 9.17) is 17.3 Å². The number of hydrogen-bond donors (Lipinski definition) is 1. The maximum Gasteiger partial charge on any atom is 0.0473 e. The van der Waals surface area contributed by atoms with Gasteiger partial charge in [0.05, 0.1) is 0 Å². The van der Waals surface area contributed by atoms with E-state index in [1.54, 1.807) is 0 Å². The summed E-state index contributed by atoms with van der Waals surface area (Å²) in [7, 11) is 2.19. The molecule has 1 aliphatic carbocycles. The van der Waals surface area contributed by atoms with E-state index in [0.717, 1.165) is 30.6 Å². The van der Waals surface area contributed by atoms with E-state index in [1.165, 1.54) is 18.4 Å². The molecule has 1 saturated heterocycles. The van der Waals surface area contributed by atoms with Crippen LogP contribution >= 0.6 is 11.6 Å². The molecule has 0 amide bonds. The topological polar surface area (TPSA) is 32.5 Å². The van der Waals surface area contributed by atoms with Crippen molar-refractivity contribution in [1.29, 1.82) is 0 Å². The quantitative estimate of drug-likeness (QED) is 0.908. The molecule has 2 aliphatic rings. The predicted molar refractivity (Wildman–Crippen MR) is 88.5 cm³/mol. The number of hydrogen-bond acceptors (Lipinski definition) is 3. The highest BCUT2D eigenvalue weighted by Crippen LogP contribution is 2.39. The molecule has 3 rings (SSSR count). The van der Waals surface area contributed by atoms with Crippen molar-refractivity contribution < 1.29 is 0 Å². The van der Waals surface area contributed by atoms with E-state index in [-0.39, 0.29) is 5.54 Å². The van der Waals surface area contributed by atoms with Gasteiger partial charge in [-0.15, -0.1) is 0 Å². The van der Waals surface area contributed by atoms with Crippen LogP contribution in [0.5, 0.6) is 0 Å². The van der Waals surface area contributed by atoms with Crippen LogP contribution in [-0.4, -0.2) is 47.6 Å². The Kier molecular flexibility index (Phi) is 4.28. The number of benzene rings is 1. The van der Waals surface area contributed by atoms with Gasteiger partial charge in [0.25, 0.3) is 0 Å². The lowest BCUT2D eigenvalue weighted by Gasteiger charge is -2.38. The van der Waals surface area contributed by atoms with E-state index in [0.29, 0.717) is 12.6 Å². The summed E-state index contributed by atoms with van der Waals surface area (Å²) in [5.74, 6) is 0. The normalized spacial score (nSPS) is 30.2. The van der Waals surface area contributed by atoms with Gasteiger partial charge in [-0.25, -0.2) is 0 Å². The van der Waals surface area contributed by atoms with Crippen molar-refractivity contribution >= 4 is 11.6 Å². The van der Waals surface area contributed by atoms with Gasteiger partial charge >= 0.3 is 0 Å². The van der Waals surface area contributed by atoms with Crippen LogP contribution in [0.2, 0.25) is 5.02 Å². The summed E-state index contributed by atoms with van der Waals surface area (Å²) in [6, 6.07) is 9.56. The second kappa shape index (κ2) is 5.88. The molecule has 0 bridgehead atoms. The van der Waals surface area contributed by atoms with Crippen molar-refractivity contribution in [3.63, 3.8) is 0 Å². The molecule has 116 valence electrons. The Morgan fingerprint density at radius 2 is 2.10 bits per heavy atom. The molecule has 1 aliphatic heterocycles. The first-order valence-electron chi connectivity index (χ1n) is 7.96. The number of nitrogens with zero attached hydrogens (tertiary/aromatic N) is 2. The molecule has 0 radical (unpaired) electrons. The van der Waals surface area contributed by atoms with E-state index < -0.39 is 0 Å². The third kappa shape index (κ3) is 2.98. The zero-order chi connectivity index (χ0) is 15.0. The molecular formula is C17H26ClN3. The van der Waals surface area contributed by atoms with E-state index in [1.807, 2.05) is 12.1 Å². The van der Waals surface area contributed by atoms with Crippen LogP contribution in [0.4, 0.5) is 0 Å². The average molecular weight is 308 g/mol. The summed E-state index contributed by atoms with van der Waals surface area (Å²) in [5, 5.41) is 0.849. The van der Waals surface area contributed by atoms with Crippen LogP contribution in [0, 0.1) is 0 Å². The number of nitrogens with two attached hydrogens (primary N) is 1. The van der Waals surface area contributed by atoms with Crippen molar-refractivity contribution in [2.75, 3.05) is 20.1 Å². The molecule has 1 heterocycles. The first-order valence-corrected chi connectivity index (χ1v) is 8.34. The smallest absolute Gasteiger partial charge is 0.0473 e. The minimum Gasteiger partial charge on any atom is -0.329 e. The Morgan fingerprint density at radius 3 is 2.71 bits per heavy atom. The van der Waals surface area contributed by atoms with Gasteiger partial charge in [0.15, 0.2) is 0 Å². The molecule has 2 atom stereocenters. The molecule has 2 N–H and O–H groups in total. The van der Waals surface area contributed by atoms with Gasteiger partial charge in [-0.05, 0) is 44.9 Å². The zero-order valence-corrected chi connectivity index (χ0v) is 13.8. The maximum absolute atomic E-state index is 6.31. The highest BCUT2D eigenvalue weighted by molar-refractivity contribution is 6.31. The van der Waals surface area contributed by atoms with E-state index in [2.05, 4.69) is 35.9 Å². The Labute approximate surface area is 133 Å². The van der Waals surface area contributed by atoms with Crippen LogP contribution in [0.1, 0.15) is 31.7 Å². The summed E-state index contributed by atoms with van der Waals surface area (Å²) >= 11 is 6.31. The van der Waals surface area contributed by atoms with Crippen molar-refractivity contribution in [1.82, 2.24) is 9.80 Å². The summed E-state index contributed by atoms with van der Waals surface area (Å²) in [4.78, 5) is 5.09. The standard InChI is InChI=1S/C17H26ClN3/c1-13-9-17(11-19,12-21(13)15-7-8-15)20(2)10-14-5-3-4-6-16(14)18/h3-6,13,15H,7-12,19H2,1-2H3. The van der Waals surface area contributed by atoms with Crippen LogP contribution in [0.3, 0.4) is 0 Å². The molecule has 3 nitrogen and oxygen atoms in total. The summed E-state index contributed by atoms with van der Waals surface area (Å²) in [6.45, 7) is 5.01. The van der Waals surface area contributed by atoms with Crippen molar-refractivity contribution in [3.8, 4) is 0 Å². The number of rotatable bonds is 5. The first kappa shape index (κ1) is 15.3. The van der Waals surface area contributed by atoms with Crippen molar-refractivity contribution in [2.45, 2.75) is 50.4 Å². The van der Waals surface area contributed by atoms with Gasteiger partial charge in [-0.1, -0.05) is 29.8 Å². The fourth-order valence-corrected chi connectivity index (χ4v) is 3.95. The van der Waals surface area contributed by atoms with Crippen LogP contribution in [0.15, 0.2) is 24.3 Å². The van der Waals surface area contributed by atoms with E-state index in [9.17, 15) is 0 Å². The highest BCUT2D eigenvalue weighted by Gasteiger charge is 2.48. The fourth-order valence-electron chi connectivity index (χ4n) is 3.75. The minimum atomic E-state index is 0.0845. The Balaban J connectivity index is 1.75. The second-order valence-corrected chi connectivity index (χ2v) is 7.24. The molecule has 1 aromatic rings. The number of likely N-dealkylation sites (tertiary alicyclic amines) is 1. The average Bonchev–Trinajstić information content (AvgIpc) is 3.25. The molecule has 2 fully saturated rings. The third-order valence-electron chi connectivity index (χ3n) is 5.29. The fraction of sp³-hybridized carbons (Fsp3) is 0.647. The molecular weight excluding hydrogens is 282 g/mol. The SMILES string of the molecule is CC1CC(CN)(N(C)Cc2ccccc2Cl)CN1C1CC1. The summed E-state index contributed by atoms with van der Waals surface area (Å²) in [5.41, 5.74) is 7.48. The lowest BCUT2D eigenvalue weighted by Crippen LogP contribution is -2.53. The summed E-state index contributed by atoms with van der Waals surface area (Å²) < 4.78 is 0. The highest BCUT2D eigenvalue weighted by atomic mass is 35.5. The molecule has 2 unspecified atom stereocenters. The molecule has 4 heteroatoms. The van der Waals surface area contributed by atoms with Gasteiger partial charge in [0.1, 0.15) is 0 Å². The largest absolute Gasteiger partial charge is 0.329 e. The van der Waals surface area contributed by atoms with E-state index >= 15 is 0 Å². The predicted octanol–water partition coefficient (Wildman–Crippen LogP) is 2.73. The lowest BCUT2D eigenvalue weighted by atomic mass is 9.94. The molecule has 21 heavy (non-hydrogen) atoms. The van der Waals surface area contributed by atoms with Crippen LogP contribution in [-0.2, 0) is 6.54 Å². The Hall–Kier alpha value is -0.610. The summed E-state index contributed by atoms with van der Waals surface area (Å²) in [6.07, 6.45) is 3.87. The maximum atomic E-state index is 6.31. The molecule has 0 spiro atoms. The van der Waals surface area contributed by atoms with Gasteiger partial charge in [0.2, 0.25) is 0 Å². The Bertz CT molecular complexity index is 503. The van der Waals surface area contributed by atoms with Crippen molar-refractivity contribution in [2.24, 2.45) is 5.73 Å². The molecule has 1 aromatic carbocycles. The van der Waals surface area contributed by atoms with Gasteiger partial charge in [-0.2, -0.15) is 0 Å². The van der Waals surface area contributed by atoms with Gasteiger partial charge in [0, 0.05) is 42.3 Å². The van der Waals surface area contributed by atoms with Crippen molar-refractivity contribution in [3.05, 3.63) is 34.9 Å². The first-order chi connectivity index (χ1) is 10.1. The van der Waals surface area contributed by atoms with Crippen LogP contribution < -0.4 is 5.73 Å². The van der Waals surface area contributed by atoms with Gasteiger partial charge in [-0.3, -0.25) is 9.80 Å². The third-order valence-corrected chi connectivity index (χ3v) is 5.66. The molecule has 0 aromatic heterocycles. The molecule has 1 saturated carbocycles. The number of halogens is 1. The monoisotopic (exact) mass is 307 g/mol. The number of likely N-dealkylation sites (N-methyl/N-ethyl adjacent to an activating group) is 1. The van der Waals surface area contributed by atoms with Gasteiger partial charge < -0.3 is 5.73 Å². The lowest BCUT2D eigenvalue weighted by molar-refractivity contribution is 0.120. The van der Waals surface area contributed by atoms with Crippen LogP contribution in [0.25, 0.3) is 0 Å². The second-order valence-electron chi connectivity index (χ2n) is 6.83.